The Hall–Kier alpha value is -1.11. The van der Waals surface area contributed by atoms with Crippen LogP contribution in [0.5, 0.6) is 0 Å². The van der Waals surface area contributed by atoms with E-state index in [9.17, 15) is 4.39 Å². The fraction of sp³-hybridized carbons (Fsp3) is 0.100. The van der Waals surface area contributed by atoms with Crippen LogP contribution in [0.3, 0.4) is 0 Å². The molecule has 1 aromatic rings. The minimum Gasteiger partial charge on any atom is -0.207 e. The summed E-state index contributed by atoms with van der Waals surface area (Å²) < 4.78 is 12.6. The second-order valence-electron chi connectivity index (χ2n) is 2.31. The zero-order chi connectivity index (χ0) is 8.10. The molecule has 0 amide bonds. The van der Waals surface area contributed by atoms with Gasteiger partial charge in [-0.3, -0.25) is 0 Å². The van der Waals surface area contributed by atoms with E-state index in [1.165, 1.54) is 12.1 Å². The average Bonchev–Trinajstić information content (AvgIpc) is 2.01. The molecule has 0 aliphatic carbocycles. The summed E-state index contributed by atoms with van der Waals surface area (Å²) in [5.41, 5.74) is 0.977. The molecule has 1 aromatic carbocycles. The van der Waals surface area contributed by atoms with Crippen LogP contribution in [0, 0.1) is 12.7 Å². The van der Waals surface area contributed by atoms with Crippen LogP contribution in [0.4, 0.5) is 4.39 Å². The number of benzene rings is 1. The van der Waals surface area contributed by atoms with E-state index in [2.05, 4.69) is 6.92 Å². The van der Waals surface area contributed by atoms with Crippen LogP contribution in [-0.2, 0) is 6.42 Å². The molecule has 0 atom stereocenters. The molecule has 0 aliphatic rings. The predicted octanol–water partition coefficient (Wildman–Crippen LogP) is 2.76. The summed E-state index contributed by atoms with van der Waals surface area (Å²) >= 11 is 0. The van der Waals surface area contributed by atoms with Crippen LogP contribution in [0.15, 0.2) is 36.4 Å². The molecule has 11 heavy (non-hydrogen) atoms. The maximum atomic E-state index is 12.6. The number of allylic oxidation sites excluding steroid dienone is 2. The molecule has 1 heteroatoms. The molecule has 0 N–H and O–H groups in total. The third kappa shape index (κ3) is 2.54. The molecule has 0 bridgehead atoms. The Bertz CT molecular complexity index is 251. The highest BCUT2D eigenvalue weighted by molar-refractivity contribution is 5.18. The van der Waals surface area contributed by atoms with Crippen molar-refractivity contribution in [2.45, 2.75) is 6.42 Å². The zero-order valence-electron chi connectivity index (χ0n) is 6.26. The molecule has 0 saturated heterocycles. The summed E-state index contributed by atoms with van der Waals surface area (Å²) in [5, 5.41) is 0. The van der Waals surface area contributed by atoms with Crippen molar-refractivity contribution >= 4 is 0 Å². The van der Waals surface area contributed by atoms with E-state index < -0.39 is 0 Å². The first kappa shape index (κ1) is 7.99. The van der Waals surface area contributed by atoms with Gasteiger partial charge in [0.2, 0.25) is 0 Å². The molecule has 0 saturated carbocycles. The number of halogens is 1. The van der Waals surface area contributed by atoms with E-state index in [0.717, 1.165) is 12.0 Å². The molecule has 0 aromatic heterocycles. The van der Waals surface area contributed by atoms with Gasteiger partial charge in [0.05, 0.1) is 0 Å². The first-order valence-corrected chi connectivity index (χ1v) is 3.51. The van der Waals surface area contributed by atoms with E-state index in [1.807, 2.05) is 12.1 Å². The average molecular weight is 149 g/mol. The molecule has 0 nitrogen and oxygen atoms in total. The van der Waals surface area contributed by atoms with Crippen LogP contribution < -0.4 is 0 Å². The molecule has 0 fully saturated rings. The lowest BCUT2D eigenvalue weighted by atomic mass is 10.1. The molecule has 0 aliphatic heterocycles. The quantitative estimate of drug-likeness (QED) is 0.606. The van der Waals surface area contributed by atoms with Crippen molar-refractivity contribution in [3.05, 3.63) is 54.7 Å². The second kappa shape index (κ2) is 3.91. The van der Waals surface area contributed by atoms with Crippen LogP contribution in [0.1, 0.15) is 5.56 Å². The van der Waals surface area contributed by atoms with Crippen molar-refractivity contribution in [1.29, 1.82) is 0 Å². The van der Waals surface area contributed by atoms with Gasteiger partial charge in [0.1, 0.15) is 5.82 Å². The molecule has 0 unspecified atom stereocenters. The third-order valence-corrected chi connectivity index (χ3v) is 1.41. The Morgan fingerprint density at radius 3 is 2.91 bits per heavy atom. The van der Waals surface area contributed by atoms with Crippen LogP contribution >= 0.6 is 0 Å². The highest BCUT2D eigenvalue weighted by atomic mass is 19.1. The normalized spacial score (nSPS) is 10.7. The van der Waals surface area contributed by atoms with Crippen molar-refractivity contribution in [2.24, 2.45) is 0 Å². The van der Waals surface area contributed by atoms with E-state index in [0.29, 0.717) is 0 Å². The van der Waals surface area contributed by atoms with Crippen molar-refractivity contribution in [1.82, 2.24) is 0 Å². The summed E-state index contributed by atoms with van der Waals surface area (Å²) in [6.07, 6.45) is 4.36. The van der Waals surface area contributed by atoms with Gasteiger partial charge < -0.3 is 0 Å². The maximum Gasteiger partial charge on any atom is 0.123 e. The lowest BCUT2D eigenvalue weighted by molar-refractivity contribution is 0.626. The van der Waals surface area contributed by atoms with E-state index in [-0.39, 0.29) is 5.82 Å². The van der Waals surface area contributed by atoms with E-state index >= 15 is 0 Å². The Kier molecular flexibility index (Phi) is 2.84. The highest BCUT2D eigenvalue weighted by Gasteiger charge is 1.90. The first-order chi connectivity index (χ1) is 5.33. The Morgan fingerprint density at radius 1 is 1.45 bits per heavy atom. The van der Waals surface area contributed by atoms with Gasteiger partial charge in [-0.05, 0) is 31.0 Å². The molecule has 1 radical (unpaired) electrons. The lowest BCUT2D eigenvalue weighted by Gasteiger charge is -1.94. The van der Waals surface area contributed by atoms with E-state index in [4.69, 9.17) is 0 Å². The summed E-state index contributed by atoms with van der Waals surface area (Å²) in [6.45, 7) is 3.55. The van der Waals surface area contributed by atoms with Crippen LogP contribution in [0.2, 0.25) is 0 Å². The van der Waals surface area contributed by atoms with Crippen LogP contribution in [-0.4, -0.2) is 0 Å². The Morgan fingerprint density at radius 2 is 2.27 bits per heavy atom. The molecule has 0 heterocycles. The van der Waals surface area contributed by atoms with Gasteiger partial charge in [0.25, 0.3) is 0 Å². The highest BCUT2D eigenvalue weighted by Crippen LogP contribution is 2.04. The third-order valence-electron chi connectivity index (χ3n) is 1.41. The van der Waals surface area contributed by atoms with Gasteiger partial charge in [-0.25, -0.2) is 4.39 Å². The summed E-state index contributed by atoms with van der Waals surface area (Å²) in [6, 6.07) is 6.57. The lowest BCUT2D eigenvalue weighted by Crippen LogP contribution is -1.81. The summed E-state index contributed by atoms with van der Waals surface area (Å²) in [7, 11) is 0. The summed E-state index contributed by atoms with van der Waals surface area (Å²) in [4.78, 5) is 0. The molecule has 0 spiro atoms. The van der Waals surface area contributed by atoms with Crippen molar-refractivity contribution in [3.63, 3.8) is 0 Å². The number of rotatable bonds is 2. The van der Waals surface area contributed by atoms with Crippen molar-refractivity contribution in [2.75, 3.05) is 0 Å². The minimum atomic E-state index is -0.181. The second-order valence-corrected chi connectivity index (χ2v) is 2.31. The molecule has 57 valence electrons. The van der Waals surface area contributed by atoms with Gasteiger partial charge in [0.15, 0.2) is 0 Å². The monoisotopic (exact) mass is 149 g/mol. The Balaban J connectivity index is 2.71. The minimum absolute atomic E-state index is 0.181. The first-order valence-electron chi connectivity index (χ1n) is 3.51. The maximum absolute atomic E-state index is 12.6. The molecular weight excluding hydrogens is 139 g/mol. The van der Waals surface area contributed by atoms with Crippen molar-refractivity contribution < 1.29 is 4.39 Å². The van der Waals surface area contributed by atoms with Gasteiger partial charge in [-0.2, -0.15) is 0 Å². The Labute approximate surface area is 66.4 Å². The van der Waals surface area contributed by atoms with E-state index in [1.54, 1.807) is 12.1 Å². The predicted molar refractivity (Wildman–Crippen MR) is 44.6 cm³/mol. The fourth-order valence-electron chi connectivity index (χ4n) is 0.883. The SMILES string of the molecule is [CH2]C=CCc1cccc(F)c1. The zero-order valence-corrected chi connectivity index (χ0v) is 6.26. The fourth-order valence-corrected chi connectivity index (χ4v) is 0.883. The standard InChI is InChI=1S/C10H10F/c1-2-3-5-9-6-4-7-10(11)8-9/h2-4,6-8H,1,5H2. The number of hydrogen-bond donors (Lipinski definition) is 0. The summed E-state index contributed by atoms with van der Waals surface area (Å²) in [5.74, 6) is -0.181. The number of hydrogen-bond acceptors (Lipinski definition) is 0. The van der Waals surface area contributed by atoms with Gasteiger partial charge in [-0.1, -0.05) is 24.3 Å². The smallest absolute Gasteiger partial charge is 0.123 e. The van der Waals surface area contributed by atoms with Gasteiger partial charge in [-0.15, -0.1) is 0 Å². The molecular formula is C10H10F. The topological polar surface area (TPSA) is 0 Å². The van der Waals surface area contributed by atoms with Crippen molar-refractivity contribution in [3.8, 4) is 0 Å². The van der Waals surface area contributed by atoms with Gasteiger partial charge in [0, 0.05) is 0 Å². The molecule has 1 rings (SSSR count). The van der Waals surface area contributed by atoms with Gasteiger partial charge >= 0.3 is 0 Å². The largest absolute Gasteiger partial charge is 0.207 e. The van der Waals surface area contributed by atoms with Crippen LogP contribution in [0.25, 0.3) is 0 Å².